The maximum absolute atomic E-state index is 5.66. The van der Waals surface area contributed by atoms with E-state index in [1.54, 1.807) is 4.68 Å². The molecule has 16 heavy (non-hydrogen) atoms. The molecule has 5 heteroatoms. The first-order valence-corrected chi connectivity index (χ1v) is 5.77. The molecule has 1 aromatic heterocycles. The van der Waals surface area contributed by atoms with E-state index >= 15 is 0 Å². The number of hydrogen-bond donors (Lipinski definition) is 1. The second kappa shape index (κ2) is 4.35. The summed E-state index contributed by atoms with van der Waals surface area (Å²) in [5.74, 6) is 1.63. The van der Waals surface area contributed by atoms with Crippen molar-refractivity contribution in [3.63, 3.8) is 0 Å². The molecular weight excluding hydrogens is 268 g/mol. The Hall–Kier alpha value is -1.20. The fourth-order valence-electron chi connectivity index (χ4n) is 1.45. The summed E-state index contributed by atoms with van der Waals surface area (Å²) in [4.78, 5) is 4.38. The molecule has 0 atom stereocenters. The molecule has 0 amide bonds. The fraction of sp³-hybridized carbons (Fsp3) is 0.273. The van der Waals surface area contributed by atoms with Crippen LogP contribution < -0.4 is 5.73 Å². The number of hydrogen-bond acceptors (Lipinski definition) is 3. The zero-order valence-electron chi connectivity index (χ0n) is 9.24. The highest BCUT2D eigenvalue weighted by Gasteiger charge is 2.08. The highest BCUT2D eigenvalue weighted by atomic mass is 79.9. The number of benzene rings is 1. The maximum atomic E-state index is 5.66. The Kier molecular flexibility index (Phi) is 3.07. The van der Waals surface area contributed by atoms with Gasteiger partial charge in [0.2, 0.25) is 0 Å². The quantitative estimate of drug-likeness (QED) is 0.916. The summed E-state index contributed by atoms with van der Waals surface area (Å²) in [6, 6.07) is 5.97. The first-order chi connectivity index (χ1) is 7.61. The predicted molar refractivity (Wildman–Crippen MR) is 66.8 cm³/mol. The normalized spacial score (nSPS) is 10.8. The second-order valence-electron chi connectivity index (χ2n) is 3.62. The summed E-state index contributed by atoms with van der Waals surface area (Å²) in [6.45, 7) is 2.43. The van der Waals surface area contributed by atoms with Crippen LogP contribution in [-0.2, 0) is 13.6 Å². The molecule has 2 aromatic rings. The number of nitrogens with two attached hydrogens (primary N) is 1. The Morgan fingerprint density at radius 3 is 2.75 bits per heavy atom. The molecule has 0 aliphatic rings. The van der Waals surface area contributed by atoms with E-state index in [0.717, 1.165) is 27.2 Å². The molecular formula is C11H13BrN4. The maximum Gasteiger partial charge on any atom is 0.181 e. The number of rotatable bonds is 2. The van der Waals surface area contributed by atoms with Crippen molar-refractivity contribution < 1.29 is 0 Å². The molecule has 0 fully saturated rings. The van der Waals surface area contributed by atoms with Gasteiger partial charge in [0.1, 0.15) is 5.82 Å². The van der Waals surface area contributed by atoms with Crippen LogP contribution in [0.5, 0.6) is 0 Å². The van der Waals surface area contributed by atoms with E-state index in [4.69, 9.17) is 5.73 Å². The van der Waals surface area contributed by atoms with Gasteiger partial charge in [-0.3, -0.25) is 4.68 Å². The Morgan fingerprint density at radius 1 is 1.44 bits per heavy atom. The lowest BCUT2D eigenvalue weighted by atomic mass is 10.1. The minimum Gasteiger partial charge on any atom is -0.326 e. The van der Waals surface area contributed by atoms with Crippen LogP contribution in [0.15, 0.2) is 22.7 Å². The van der Waals surface area contributed by atoms with E-state index in [9.17, 15) is 0 Å². The van der Waals surface area contributed by atoms with Gasteiger partial charge in [0, 0.05) is 23.6 Å². The third-order valence-electron chi connectivity index (χ3n) is 2.50. The van der Waals surface area contributed by atoms with Crippen molar-refractivity contribution in [3.8, 4) is 11.4 Å². The molecule has 0 aliphatic carbocycles. The van der Waals surface area contributed by atoms with E-state index in [-0.39, 0.29) is 0 Å². The number of halogens is 1. The third kappa shape index (κ3) is 2.01. The Balaban J connectivity index is 2.48. The number of aromatic nitrogens is 3. The summed E-state index contributed by atoms with van der Waals surface area (Å²) >= 11 is 3.46. The SMILES string of the molecule is Cc1nc(-c2ccc(Br)c(CN)c2)nn1C. The molecule has 1 aromatic carbocycles. The molecule has 4 nitrogen and oxygen atoms in total. The average Bonchev–Trinajstić information content (AvgIpc) is 2.60. The van der Waals surface area contributed by atoms with Crippen LogP contribution in [0.25, 0.3) is 11.4 Å². The van der Waals surface area contributed by atoms with Gasteiger partial charge in [-0.05, 0) is 30.7 Å². The van der Waals surface area contributed by atoms with Crippen molar-refractivity contribution >= 4 is 15.9 Å². The van der Waals surface area contributed by atoms with Gasteiger partial charge in [0.25, 0.3) is 0 Å². The Morgan fingerprint density at radius 2 is 2.19 bits per heavy atom. The largest absolute Gasteiger partial charge is 0.326 e. The van der Waals surface area contributed by atoms with Crippen molar-refractivity contribution in [2.24, 2.45) is 12.8 Å². The van der Waals surface area contributed by atoms with Crippen LogP contribution >= 0.6 is 15.9 Å². The first-order valence-electron chi connectivity index (χ1n) is 4.98. The van der Waals surface area contributed by atoms with Gasteiger partial charge in [-0.1, -0.05) is 15.9 Å². The fourth-order valence-corrected chi connectivity index (χ4v) is 1.86. The standard InChI is InChI=1S/C11H13BrN4/c1-7-14-11(15-16(7)2)8-3-4-10(12)9(5-8)6-13/h3-5H,6,13H2,1-2H3. The number of nitrogens with zero attached hydrogens (tertiary/aromatic N) is 3. The topological polar surface area (TPSA) is 56.7 Å². The van der Waals surface area contributed by atoms with Crippen LogP contribution in [0.2, 0.25) is 0 Å². The van der Waals surface area contributed by atoms with Crippen molar-refractivity contribution in [2.45, 2.75) is 13.5 Å². The molecule has 1 heterocycles. The zero-order valence-corrected chi connectivity index (χ0v) is 10.8. The molecule has 0 saturated heterocycles. The van der Waals surface area contributed by atoms with Gasteiger partial charge >= 0.3 is 0 Å². The van der Waals surface area contributed by atoms with E-state index in [2.05, 4.69) is 26.0 Å². The van der Waals surface area contributed by atoms with Gasteiger partial charge in [-0.2, -0.15) is 5.10 Å². The average molecular weight is 281 g/mol. The first kappa shape index (κ1) is 11.3. The third-order valence-corrected chi connectivity index (χ3v) is 3.28. The minimum atomic E-state index is 0.500. The predicted octanol–water partition coefficient (Wildman–Crippen LogP) is 2.01. The van der Waals surface area contributed by atoms with Gasteiger partial charge in [0.15, 0.2) is 5.82 Å². The van der Waals surface area contributed by atoms with Gasteiger partial charge in [-0.15, -0.1) is 0 Å². The summed E-state index contributed by atoms with van der Waals surface area (Å²) in [5.41, 5.74) is 7.71. The van der Waals surface area contributed by atoms with Gasteiger partial charge in [0.05, 0.1) is 0 Å². The summed E-state index contributed by atoms with van der Waals surface area (Å²) in [5, 5.41) is 4.33. The van der Waals surface area contributed by atoms with E-state index < -0.39 is 0 Å². The summed E-state index contributed by atoms with van der Waals surface area (Å²) < 4.78 is 2.78. The van der Waals surface area contributed by atoms with Gasteiger partial charge in [-0.25, -0.2) is 4.98 Å². The summed E-state index contributed by atoms with van der Waals surface area (Å²) in [6.07, 6.45) is 0. The molecule has 0 unspecified atom stereocenters. The highest BCUT2D eigenvalue weighted by Crippen LogP contribution is 2.23. The lowest BCUT2D eigenvalue weighted by Crippen LogP contribution is -1.98. The van der Waals surface area contributed by atoms with Crippen LogP contribution in [-0.4, -0.2) is 14.8 Å². The van der Waals surface area contributed by atoms with Crippen molar-refractivity contribution in [1.29, 1.82) is 0 Å². The Bertz CT molecular complexity index is 499. The molecule has 0 bridgehead atoms. The van der Waals surface area contributed by atoms with Crippen LogP contribution in [0, 0.1) is 6.92 Å². The molecule has 0 saturated carbocycles. The molecule has 0 spiro atoms. The van der Waals surface area contributed by atoms with E-state index in [1.807, 2.05) is 32.2 Å². The number of aryl methyl sites for hydroxylation is 2. The Labute approximate surface area is 103 Å². The smallest absolute Gasteiger partial charge is 0.181 e. The second-order valence-corrected chi connectivity index (χ2v) is 4.47. The summed E-state index contributed by atoms with van der Waals surface area (Å²) in [7, 11) is 1.88. The zero-order chi connectivity index (χ0) is 11.7. The van der Waals surface area contributed by atoms with E-state index in [1.165, 1.54) is 0 Å². The van der Waals surface area contributed by atoms with Crippen LogP contribution in [0.4, 0.5) is 0 Å². The van der Waals surface area contributed by atoms with Crippen molar-refractivity contribution in [1.82, 2.24) is 14.8 Å². The molecule has 0 aliphatic heterocycles. The van der Waals surface area contributed by atoms with Crippen molar-refractivity contribution in [2.75, 3.05) is 0 Å². The lowest BCUT2D eigenvalue weighted by Gasteiger charge is -2.02. The van der Waals surface area contributed by atoms with Crippen LogP contribution in [0.3, 0.4) is 0 Å². The molecule has 2 rings (SSSR count). The monoisotopic (exact) mass is 280 g/mol. The van der Waals surface area contributed by atoms with E-state index in [0.29, 0.717) is 6.54 Å². The van der Waals surface area contributed by atoms with Gasteiger partial charge < -0.3 is 5.73 Å². The minimum absolute atomic E-state index is 0.500. The highest BCUT2D eigenvalue weighted by molar-refractivity contribution is 9.10. The molecule has 84 valence electrons. The molecule has 0 radical (unpaired) electrons. The van der Waals surface area contributed by atoms with Crippen LogP contribution in [0.1, 0.15) is 11.4 Å². The van der Waals surface area contributed by atoms with Crippen molar-refractivity contribution in [3.05, 3.63) is 34.1 Å². The lowest BCUT2D eigenvalue weighted by molar-refractivity contribution is 0.736. The molecule has 2 N–H and O–H groups in total.